The van der Waals surface area contributed by atoms with Crippen molar-refractivity contribution < 1.29 is 32.3 Å². The lowest BCUT2D eigenvalue weighted by Gasteiger charge is -2.18. The van der Waals surface area contributed by atoms with Crippen LogP contribution in [0, 0.1) is 32.1 Å². The molecule has 1 aliphatic carbocycles. The molecule has 156 valence electrons. The molecule has 0 radical (unpaired) electrons. The topological polar surface area (TPSA) is 63.7 Å². The van der Waals surface area contributed by atoms with Crippen LogP contribution in [0.15, 0.2) is 12.1 Å². The molecule has 8 heteroatoms. The highest BCUT2D eigenvalue weighted by Gasteiger charge is 2.44. The summed E-state index contributed by atoms with van der Waals surface area (Å²) < 4.78 is 41.9. The Hall–Kier alpha value is -2.82. The molecule has 1 amide bonds. The lowest BCUT2D eigenvalue weighted by Crippen LogP contribution is -2.30. The summed E-state index contributed by atoms with van der Waals surface area (Å²) >= 11 is 0. The van der Waals surface area contributed by atoms with E-state index in [1.807, 2.05) is 0 Å². The van der Waals surface area contributed by atoms with Crippen LogP contribution in [0.4, 0.5) is 13.2 Å². The second kappa shape index (κ2) is 8.68. The van der Waals surface area contributed by atoms with Crippen molar-refractivity contribution in [3.63, 3.8) is 0 Å². The first-order valence-electron chi connectivity index (χ1n) is 8.99. The monoisotopic (exact) mass is 409 g/mol. The van der Waals surface area contributed by atoms with Crippen molar-refractivity contribution in [1.29, 1.82) is 0 Å². The molecule has 0 aliphatic heterocycles. The van der Waals surface area contributed by atoms with Crippen molar-refractivity contribution in [1.82, 2.24) is 4.90 Å². The number of benzene rings is 1. The van der Waals surface area contributed by atoms with Gasteiger partial charge in [0.25, 0.3) is 0 Å². The number of terminal acetylenes is 1. The zero-order valence-corrected chi connectivity index (χ0v) is 16.4. The van der Waals surface area contributed by atoms with Crippen LogP contribution in [0.1, 0.15) is 35.4 Å². The van der Waals surface area contributed by atoms with Gasteiger partial charge in [-0.05, 0) is 42.7 Å². The van der Waals surface area contributed by atoms with E-state index in [4.69, 9.17) is 11.2 Å². The second-order valence-corrected chi connectivity index (χ2v) is 7.24. The number of alkyl halides is 3. The summed E-state index contributed by atoms with van der Waals surface area (Å²) in [6, 6.07) is 2.77. The molecule has 1 fully saturated rings. The Morgan fingerprint density at radius 3 is 2.38 bits per heavy atom. The van der Waals surface area contributed by atoms with E-state index in [1.54, 1.807) is 13.8 Å². The molecule has 1 aromatic carbocycles. The summed E-state index contributed by atoms with van der Waals surface area (Å²) in [5.74, 6) is -0.385. The Kier molecular flexibility index (Phi) is 6.73. The second-order valence-electron chi connectivity index (χ2n) is 7.24. The first-order chi connectivity index (χ1) is 13.4. The number of halogens is 3. The average Bonchev–Trinajstić information content (AvgIpc) is 2.86. The van der Waals surface area contributed by atoms with Gasteiger partial charge in [-0.15, -0.1) is 6.42 Å². The number of carbonyl (C=O) groups is 3. The number of Topliss-reactive ketones (excluding diaryl/α,β-unsaturated/α-hetero) is 2. The summed E-state index contributed by atoms with van der Waals surface area (Å²) in [7, 11) is 1.52. The number of aryl methyl sites for hydroxylation is 2. The van der Waals surface area contributed by atoms with Gasteiger partial charge in [0.2, 0.25) is 5.91 Å². The summed E-state index contributed by atoms with van der Waals surface area (Å²) in [5, 5.41) is 0. The van der Waals surface area contributed by atoms with Gasteiger partial charge in [-0.3, -0.25) is 14.4 Å². The zero-order chi connectivity index (χ0) is 21.9. The van der Waals surface area contributed by atoms with E-state index in [1.165, 1.54) is 24.1 Å². The fourth-order valence-corrected chi connectivity index (χ4v) is 3.56. The lowest BCUT2D eigenvalue weighted by molar-refractivity contribution is -0.153. The summed E-state index contributed by atoms with van der Waals surface area (Å²) in [6.07, 6.45) is 0.550. The van der Waals surface area contributed by atoms with Gasteiger partial charge in [-0.1, -0.05) is 5.92 Å². The van der Waals surface area contributed by atoms with Crippen LogP contribution in [0.2, 0.25) is 0 Å². The van der Waals surface area contributed by atoms with Gasteiger partial charge < -0.3 is 9.64 Å². The minimum absolute atomic E-state index is 0.0154. The minimum Gasteiger partial charge on any atom is -0.484 e. The molecule has 0 spiro atoms. The maximum atomic E-state index is 12.9. The Morgan fingerprint density at radius 2 is 1.86 bits per heavy atom. The normalized spacial score (nSPS) is 19.2. The third kappa shape index (κ3) is 5.37. The van der Waals surface area contributed by atoms with Crippen LogP contribution in [0.25, 0.3) is 0 Å². The maximum absolute atomic E-state index is 12.9. The van der Waals surface area contributed by atoms with Crippen molar-refractivity contribution >= 4 is 17.5 Å². The molecule has 2 unspecified atom stereocenters. The van der Waals surface area contributed by atoms with Crippen LogP contribution >= 0.6 is 0 Å². The maximum Gasteiger partial charge on any atom is 0.422 e. The first kappa shape index (κ1) is 22.5. The molecule has 0 aromatic heterocycles. The molecule has 0 heterocycles. The Bertz CT molecular complexity index is 847. The molecule has 5 nitrogen and oxygen atoms in total. The van der Waals surface area contributed by atoms with Crippen molar-refractivity contribution in [2.75, 3.05) is 20.2 Å². The van der Waals surface area contributed by atoms with E-state index in [9.17, 15) is 27.6 Å². The number of carbonyl (C=O) groups excluding carboxylic acids is 3. The highest BCUT2D eigenvalue weighted by Crippen LogP contribution is 2.38. The van der Waals surface area contributed by atoms with Gasteiger partial charge in [0.05, 0.1) is 6.54 Å². The van der Waals surface area contributed by atoms with Crippen LogP contribution in [0.3, 0.4) is 0 Å². The molecule has 29 heavy (non-hydrogen) atoms. The zero-order valence-electron chi connectivity index (χ0n) is 16.4. The van der Waals surface area contributed by atoms with Gasteiger partial charge in [0.1, 0.15) is 17.5 Å². The SMILES string of the molecule is C#CCN(C)C(=O)CC1CC(=O)C(c2c(C)cc(OCC(F)(F)F)cc2C)C1=O. The third-order valence-electron chi connectivity index (χ3n) is 4.89. The predicted octanol–water partition coefficient (Wildman–Crippen LogP) is 2.97. The number of nitrogens with zero attached hydrogens (tertiary/aromatic N) is 1. The number of rotatable bonds is 6. The Morgan fingerprint density at radius 1 is 1.28 bits per heavy atom. The molecular weight excluding hydrogens is 387 g/mol. The van der Waals surface area contributed by atoms with Crippen molar-refractivity contribution in [2.24, 2.45) is 5.92 Å². The van der Waals surface area contributed by atoms with Gasteiger partial charge >= 0.3 is 6.18 Å². The third-order valence-corrected chi connectivity index (χ3v) is 4.89. The molecule has 0 saturated heterocycles. The van der Waals surface area contributed by atoms with Crippen molar-refractivity contribution in [3.8, 4) is 18.1 Å². The highest BCUT2D eigenvalue weighted by molar-refractivity contribution is 6.15. The first-order valence-corrected chi connectivity index (χ1v) is 8.99. The molecule has 2 atom stereocenters. The van der Waals surface area contributed by atoms with Gasteiger partial charge in [0, 0.05) is 25.8 Å². The smallest absolute Gasteiger partial charge is 0.422 e. The van der Waals surface area contributed by atoms with E-state index in [2.05, 4.69) is 5.92 Å². The molecule has 0 bridgehead atoms. The highest BCUT2D eigenvalue weighted by atomic mass is 19.4. The largest absolute Gasteiger partial charge is 0.484 e. The number of ether oxygens (including phenoxy) is 1. The number of ketones is 2. The van der Waals surface area contributed by atoms with E-state index >= 15 is 0 Å². The molecule has 1 aliphatic rings. The molecule has 1 saturated carbocycles. The fraction of sp³-hybridized carbons (Fsp3) is 0.476. The number of hydrogen-bond donors (Lipinski definition) is 0. The molecule has 1 aromatic rings. The van der Waals surface area contributed by atoms with Crippen LogP contribution in [0.5, 0.6) is 5.75 Å². The van der Waals surface area contributed by atoms with E-state index < -0.39 is 24.6 Å². The van der Waals surface area contributed by atoms with Gasteiger partial charge in [-0.2, -0.15) is 13.2 Å². The average molecular weight is 409 g/mol. The summed E-state index contributed by atoms with van der Waals surface area (Å²) in [4.78, 5) is 38.9. The van der Waals surface area contributed by atoms with Gasteiger partial charge in [-0.25, -0.2) is 0 Å². The van der Waals surface area contributed by atoms with E-state index in [0.29, 0.717) is 16.7 Å². The number of amides is 1. The van der Waals surface area contributed by atoms with E-state index in [0.717, 1.165) is 0 Å². The summed E-state index contributed by atoms with van der Waals surface area (Å²) in [5.41, 5.74) is 1.45. The molecular formula is C21H22F3NO4. The van der Waals surface area contributed by atoms with E-state index in [-0.39, 0.29) is 42.6 Å². The van der Waals surface area contributed by atoms with Gasteiger partial charge in [0.15, 0.2) is 12.4 Å². The van der Waals surface area contributed by atoms with Crippen LogP contribution in [-0.2, 0) is 14.4 Å². The molecule has 2 rings (SSSR count). The number of hydrogen-bond acceptors (Lipinski definition) is 4. The predicted molar refractivity (Wildman–Crippen MR) is 99.4 cm³/mol. The molecule has 0 N–H and O–H groups in total. The summed E-state index contributed by atoms with van der Waals surface area (Å²) in [6.45, 7) is 1.90. The standard InChI is InChI=1S/C21H22F3NO4/c1-5-6-25(4)17(27)10-14-9-16(26)19(20(14)28)18-12(2)7-15(8-13(18)3)29-11-21(22,23)24/h1,7-8,14,19H,6,9-11H2,2-4H3. The fourth-order valence-electron chi connectivity index (χ4n) is 3.56. The quantitative estimate of drug-likeness (QED) is 0.535. The van der Waals surface area contributed by atoms with Crippen molar-refractivity contribution in [3.05, 3.63) is 28.8 Å². The minimum atomic E-state index is -4.47. The van der Waals surface area contributed by atoms with Crippen LogP contribution < -0.4 is 4.74 Å². The lowest BCUT2D eigenvalue weighted by atomic mass is 9.87. The van der Waals surface area contributed by atoms with Crippen molar-refractivity contribution in [2.45, 2.75) is 38.8 Å². The van der Waals surface area contributed by atoms with Crippen LogP contribution in [-0.4, -0.2) is 48.7 Å². The Balaban J connectivity index is 2.21. The Labute approximate surface area is 167 Å².